The maximum atomic E-state index is 12.3. The Morgan fingerprint density at radius 3 is 2.70 bits per heavy atom. The summed E-state index contributed by atoms with van der Waals surface area (Å²) in [4.78, 5) is 14.2. The lowest BCUT2D eigenvalue weighted by Gasteiger charge is -2.21. The van der Waals surface area contributed by atoms with Crippen LogP contribution in [-0.2, 0) is 21.3 Å². The standard InChI is InChI=1S/C17H26N2O3S/c1-22-11-12-23(21)14-15-7-6-8-16(13-15)18-17(20)19-9-4-2-3-5-10-19/h6-8,13H,2-5,9-12,14H2,1H3,(H,18,20)/t23-/m0/s1. The molecule has 1 heterocycles. The van der Waals surface area contributed by atoms with Gasteiger partial charge in [-0.25, -0.2) is 4.79 Å². The van der Waals surface area contributed by atoms with Crippen LogP contribution in [0.4, 0.5) is 10.5 Å². The van der Waals surface area contributed by atoms with Crippen molar-refractivity contribution in [1.82, 2.24) is 4.90 Å². The molecule has 1 atom stereocenters. The molecule has 1 saturated heterocycles. The number of carbonyl (C=O) groups is 1. The average molecular weight is 338 g/mol. The zero-order chi connectivity index (χ0) is 16.5. The summed E-state index contributed by atoms with van der Waals surface area (Å²) in [6, 6.07) is 7.56. The van der Waals surface area contributed by atoms with Crippen LogP contribution in [0.1, 0.15) is 31.2 Å². The summed E-state index contributed by atoms with van der Waals surface area (Å²) >= 11 is 0. The normalized spacial score (nSPS) is 16.7. The lowest BCUT2D eigenvalue weighted by Crippen LogP contribution is -2.35. The third kappa shape index (κ3) is 6.31. The van der Waals surface area contributed by atoms with Crippen LogP contribution in [0.15, 0.2) is 24.3 Å². The number of nitrogens with zero attached hydrogens (tertiary/aromatic N) is 1. The molecule has 6 heteroatoms. The van der Waals surface area contributed by atoms with Gasteiger partial charge in [0.05, 0.1) is 6.61 Å². The van der Waals surface area contributed by atoms with Crippen molar-refractivity contribution in [2.75, 3.05) is 37.9 Å². The number of anilines is 1. The minimum atomic E-state index is -0.947. The molecular formula is C17H26N2O3S. The highest BCUT2D eigenvalue weighted by molar-refractivity contribution is 7.84. The first-order valence-electron chi connectivity index (χ1n) is 8.18. The van der Waals surface area contributed by atoms with Crippen molar-refractivity contribution in [3.63, 3.8) is 0 Å². The van der Waals surface area contributed by atoms with E-state index in [0.717, 1.165) is 37.2 Å². The Labute approximate surface area is 140 Å². The van der Waals surface area contributed by atoms with Crippen LogP contribution in [0, 0.1) is 0 Å². The minimum Gasteiger partial charge on any atom is -0.384 e. The number of carbonyl (C=O) groups excluding carboxylic acids is 1. The predicted octanol–water partition coefficient (Wildman–Crippen LogP) is 2.99. The second-order valence-electron chi connectivity index (χ2n) is 5.81. The van der Waals surface area contributed by atoms with E-state index in [1.807, 2.05) is 29.2 Å². The van der Waals surface area contributed by atoms with Gasteiger partial charge in [0, 0.05) is 48.2 Å². The second-order valence-corrected chi connectivity index (χ2v) is 7.39. The van der Waals surface area contributed by atoms with E-state index < -0.39 is 10.8 Å². The van der Waals surface area contributed by atoms with Crippen LogP contribution in [0.5, 0.6) is 0 Å². The van der Waals surface area contributed by atoms with Gasteiger partial charge < -0.3 is 15.0 Å². The van der Waals surface area contributed by atoms with Gasteiger partial charge in [-0.2, -0.15) is 0 Å². The third-order valence-electron chi connectivity index (χ3n) is 3.91. The Morgan fingerprint density at radius 1 is 1.26 bits per heavy atom. The van der Waals surface area contributed by atoms with Crippen LogP contribution in [0.2, 0.25) is 0 Å². The van der Waals surface area contributed by atoms with Gasteiger partial charge in [0.1, 0.15) is 0 Å². The molecule has 128 valence electrons. The zero-order valence-electron chi connectivity index (χ0n) is 13.8. The zero-order valence-corrected chi connectivity index (χ0v) is 14.6. The molecule has 1 aliphatic heterocycles. The monoisotopic (exact) mass is 338 g/mol. The number of nitrogens with one attached hydrogen (secondary N) is 1. The maximum absolute atomic E-state index is 12.3. The van der Waals surface area contributed by atoms with E-state index in [-0.39, 0.29) is 6.03 Å². The summed E-state index contributed by atoms with van der Waals surface area (Å²) in [5.74, 6) is 1.01. The lowest BCUT2D eigenvalue weighted by atomic mass is 10.2. The Bertz CT molecular complexity index is 528. The number of ether oxygens (including phenoxy) is 1. The van der Waals surface area contributed by atoms with Crippen LogP contribution in [-0.4, -0.2) is 47.7 Å². The van der Waals surface area contributed by atoms with Crippen LogP contribution in [0.25, 0.3) is 0 Å². The first kappa shape index (κ1) is 17.9. The van der Waals surface area contributed by atoms with Crippen molar-refractivity contribution in [2.45, 2.75) is 31.4 Å². The Hall–Kier alpha value is -1.40. The number of benzene rings is 1. The molecule has 1 aromatic carbocycles. The predicted molar refractivity (Wildman–Crippen MR) is 94.1 cm³/mol. The highest BCUT2D eigenvalue weighted by Crippen LogP contribution is 2.15. The Morgan fingerprint density at radius 2 is 2.00 bits per heavy atom. The van der Waals surface area contributed by atoms with E-state index in [9.17, 15) is 9.00 Å². The molecule has 0 spiro atoms. The van der Waals surface area contributed by atoms with E-state index in [0.29, 0.717) is 18.1 Å². The molecule has 0 bridgehead atoms. The molecule has 0 aromatic heterocycles. The molecule has 1 N–H and O–H groups in total. The van der Waals surface area contributed by atoms with E-state index in [1.165, 1.54) is 12.8 Å². The fourth-order valence-corrected chi connectivity index (χ4v) is 3.70. The number of likely N-dealkylation sites (tertiary alicyclic amines) is 1. The molecule has 0 radical (unpaired) electrons. The summed E-state index contributed by atoms with van der Waals surface area (Å²) in [7, 11) is 0.661. The summed E-state index contributed by atoms with van der Waals surface area (Å²) in [5, 5.41) is 2.96. The highest BCUT2D eigenvalue weighted by Gasteiger charge is 2.15. The number of urea groups is 1. The van der Waals surface area contributed by atoms with Crippen LogP contribution in [0.3, 0.4) is 0 Å². The van der Waals surface area contributed by atoms with Crippen molar-refractivity contribution >= 4 is 22.5 Å². The van der Waals surface area contributed by atoms with Gasteiger partial charge >= 0.3 is 6.03 Å². The van der Waals surface area contributed by atoms with Crippen molar-refractivity contribution in [3.05, 3.63) is 29.8 Å². The third-order valence-corrected chi connectivity index (χ3v) is 5.19. The van der Waals surface area contributed by atoms with Crippen molar-refractivity contribution in [3.8, 4) is 0 Å². The van der Waals surface area contributed by atoms with Gasteiger partial charge in [-0.15, -0.1) is 0 Å². The number of rotatable bonds is 6. The summed E-state index contributed by atoms with van der Waals surface area (Å²) < 4.78 is 16.9. The van der Waals surface area contributed by atoms with E-state index in [4.69, 9.17) is 4.74 Å². The number of methoxy groups -OCH3 is 1. The van der Waals surface area contributed by atoms with Gasteiger partial charge in [-0.1, -0.05) is 25.0 Å². The van der Waals surface area contributed by atoms with Gasteiger partial charge in [0.15, 0.2) is 0 Å². The maximum Gasteiger partial charge on any atom is 0.321 e. The fourth-order valence-electron chi connectivity index (χ4n) is 2.65. The molecule has 1 aliphatic rings. The smallest absolute Gasteiger partial charge is 0.321 e. The van der Waals surface area contributed by atoms with E-state index >= 15 is 0 Å². The van der Waals surface area contributed by atoms with E-state index in [2.05, 4.69) is 5.32 Å². The quantitative estimate of drug-likeness (QED) is 0.867. The summed E-state index contributed by atoms with van der Waals surface area (Å²) in [5.41, 5.74) is 1.73. The molecule has 2 amide bonds. The molecule has 1 fully saturated rings. The molecule has 0 unspecified atom stereocenters. The van der Waals surface area contributed by atoms with E-state index in [1.54, 1.807) is 7.11 Å². The van der Waals surface area contributed by atoms with Crippen LogP contribution < -0.4 is 5.32 Å². The molecule has 5 nitrogen and oxygen atoms in total. The number of amides is 2. The summed E-state index contributed by atoms with van der Waals surface area (Å²) in [6.45, 7) is 2.15. The van der Waals surface area contributed by atoms with Crippen molar-refractivity contribution < 1.29 is 13.7 Å². The Balaban J connectivity index is 1.91. The molecule has 0 saturated carbocycles. The molecule has 2 rings (SSSR count). The first-order chi connectivity index (χ1) is 11.2. The SMILES string of the molecule is COCC[S@](=O)Cc1cccc(NC(=O)N2CCCCCC2)c1. The van der Waals surface area contributed by atoms with Gasteiger partial charge in [0.2, 0.25) is 0 Å². The minimum absolute atomic E-state index is 0.0374. The average Bonchev–Trinajstić information content (AvgIpc) is 2.82. The summed E-state index contributed by atoms with van der Waals surface area (Å²) in [6.07, 6.45) is 4.55. The Kier molecular flexibility index (Phi) is 7.55. The van der Waals surface area contributed by atoms with Gasteiger partial charge in [-0.05, 0) is 30.5 Å². The number of hydrogen-bond acceptors (Lipinski definition) is 3. The van der Waals surface area contributed by atoms with Crippen LogP contribution >= 0.6 is 0 Å². The van der Waals surface area contributed by atoms with Crippen molar-refractivity contribution in [1.29, 1.82) is 0 Å². The molecular weight excluding hydrogens is 312 g/mol. The van der Waals surface area contributed by atoms with Gasteiger partial charge in [-0.3, -0.25) is 4.21 Å². The van der Waals surface area contributed by atoms with Crippen molar-refractivity contribution in [2.24, 2.45) is 0 Å². The first-order valence-corrected chi connectivity index (χ1v) is 9.66. The highest BCUT2D eigenvalue weighted by atomic mass is 32.2. The molecule has 0 aliphatic carbocycles. The fraction of sp³-hybridized carbons (Fsp3) is 0.588. The lowest BCUT2D eigenvalue weighted by molar-refractivity contribution is 0.214. The molecule has 1 aromatic rings. The number of hydrogen-bond donors (Lipinski definition) is 1. The van der Waals surface area contributed by atoms with Gasteiger partial charge in [0.25, 0.3) is 0 Å². The second kappa shape index (κ2) is 9.67. The molecule has 23 heavy (non-hydrogen) atoms. The largest absolute Gasteiger partial charge is 0.384 e. The topological polar surface area (TPSA) is 58.6 Å².